The Morgan fingerprint density at radius 1 is 0.878 bits per heavy atom. The van der Waals surface area contributed by atoms with Crippen LogP contribution in [0.1, 0.15) is 43.4 Å². The Kier molecular flexibility index (Phi) is 5.84. The maximum atomic E-state index is 14.7. The molecule has 7 rings (SSSR count). The standard InChI is InChI=1S/C34H25ClN2O4/c1-41-24-9-6-8-22(19-24)31(39)29-28(30(38)21-13-15-23(35)16-14-21)34(26-11-4-5-12-27(26)36-33(34)40)32-25-10-3-2-7-20(25)17-18-37(29)32/h2-19,28-29,32H,1H3,(H,36,40)/t28-,29+,32+,34+/m1/s1. The molecule has 0 saturated carbocycles. The van der Waals surface area contributed by atoms with Gasteiger partial charge in [0.25, 0.3) is 0 Å². The van der Waals surface area contributed by atoms with E-state index in [9.17, 15) is 14.4 Å². The van der Waals surface area contributed by atoms with Gasteiger partial charge in [-0.1, -0.05) is 66.2 Å². The second-order valence-electron chi connectivity index (χ2n) is 10.6. The zero-order chi connectivity index (χ0) is 28.3. The number of hydrogen-bond donors (Lipinski definition) is 1. The fourth-order valence-corrected chi connectivity index (χ4v) is 7.03. The van der Waals surface area contributed by atoms with E-state index in [0.29, 0.717) is 33.1 Å². The van der Waals surface area contributed by atoms with Gasteiger partial charge in [-0.15, -0.1) is 0 Å². The molecule has 41 heavy (non-hydrogen) atoms. The number of nitrogens with one attached hydrogen (secondary N) is 1. The molecule has 4 atom stereocenters. The first-order chi connectivity index (χ1) is 19.9. The molecule has 3 aliphatic rings. The van der Waals surface area contributed by atoms with E-state index in [1.165, 1.54) is 0 Å². The first-order valence-electron chi connectivity index (χ1n) is 13.4. The number of para-hydroxylation sites is 1. The summed E-state index contributed by atoms with van der Waals surface area (Å²) in [4.78, 5) is 45.7. The van der Waals surface area contributed by atoms with Crippen LogP contribution in [0.25, 0.3) is 6.08 Å². The number of carbonyl (C=O) groups is 3. The van der Waals surface area contributed by atoms with Gasteiger partial charge in [-0.2, -0.15) is 0 Å². The Balaban J connectivity index is 1.53. The lowest BCUT2D eigenvalue weighted by atomic mass is 9.62. The molecule has 4 aromatic rings. The molecule has 3 aliphatic heterocycles. The summed E-state index contributed by atoms with van der Waals surface area (Å²) in [5.41, 5.74) is 2.59. The number of hydrogen-bond acceptors (Lipinski definition) is 5. The average molecular weight is 561 g/mol. The molecule has 0 aliphatic carbocycles. The third kappa shape index (κ3) is 3.60. The molecule has 6 nitrogen and oxygen atoms in total. The maximum absolute atomic E-state index is 14.7. The van der Waals surface area contributed by atoms with E-state index >= 15 is 0 Å². The zero-order valence-corrected chi connectivity index (χ0v) is 22.8. The highest BCUT2D eigenvalue weighted by molar-refractivity contribution is 6.30. The SMILES string of the molecule is COc1cccc(C(=O)[C@@H]2[C@H](C(=O)c3ccc(Cl)cc3)[C@]3(C(=O)Nc4ccccc43)[C@@H]3c4ccccc4C=CN23)c1. The average Bonchev–Trinajstić information content (AvgIpc) is 3.49. The summed E-state index contributed by atoms with van der Waals surface area (Å²) in [5, 5.41) is 3.55. The molecule has 1 spiro atoms. The minimum Gasteiger partial charge on any atom is -0.497 e. The van der Waals surface area contributed by atoms with Gasteiger partial charge in [0.2, 0.25) is 5.91 Å². The number of carbonyl (C=O) groups excluding carboxylic acids is 3. The molecule has 202 valence electrons. The van der Waals surface area contributed by atoms with Crippen LogP contribution in [0, 0.1) is 5.92 Å². The summed E-state index contributed by atoms with van der Waals surface area (Å²) in [7, 11) is 1.54. The number of fused-ring (bicyclic) bond motifs is 6. The van der Waals surface area contributed by atoms with Crippen LogP contribution >= 0.6 is 11.6 Å². The van der Waals surface area contributed by atoms with E-state index in [-0.39, 0.29) is 17.5 Å². The van der Waals surface area contributed by atoms with Crippen LogP contribution in [-0.2, 0) is 10.2 Å². The highest BCUT2D eigenvalue weighted by Crippen LogP contribution is 2.62. The Hall–Kier alpha value is -4.68. The summed E-state index contributed by atoms with van der Waals surface area (Å²) < 4.78 is 5.41. The number of ether oxygens (including phenoxy) is 1. The Morgan fingerprint density at radius 2 is 1.63 bits per heavy atom. The minimum atomic E-state index is -1.38. The number of anilines is 1. The van der Waals surface area contributed by atoms with Crippen molar-refractivity contribution in [3.8, 4) is 5.75 Å². The van der Waals surface area contributed by atoms with E-state index in [0.717, 1.165) is 11.1 Å². The van der Waals surface area contributed by atoms with Crippen molar-refractivity contribution in [3.05, 3.63) is 136 Å². The molecular weight excluding hydrogens is 536 g/mol. The molecule has 1 fully saturated rings. The number of rotatable bonds is 5. The monoisotopic (exact) mass is 560 g/mol. The molecule has 0 unspecified atom stereocenters. The maximum Gasteiger partial charge on any atom is 0.238 e. The van der Waals surface area contributed by atoms with Gasteiger partial charge in [0, 0.05) is 28.0 Å². The second kappa shape index (κ2) is 9.46. The van der Waals surface area contributed by atoms with Crippen molar-refractivity contribution < 1.29 is 19.1 Å². The van der Waals surface area contributed by atoms with E-state index in [1.807, 2.05) is 65.7 Å². The fourth-order valence-electron chi connectivity index (χ4n) is 6.91. The van der Waals surface area contributed by atoms with Crippen molar-refractivity contribution in [1.82, 2.24) is 4.90 Å². The van der Waals surface area contributed by atoms with Gasteiger partial charge < -0.3 is 15.0 Å². The highest BCUT2D eigenvalue weighted by Gasteiger charge is 2.70. The quantitative estimate of drug-likeness (QED) is 0.289. The third-order valence-electron chi connectivity index (χ3n) is 8.60. The van der Waals surface area contributed by atoms with Crippen molar-refractivity contribution in [2.75, 3.05) is 12.4 Å². The molecule has 1 N–H and O–H groups in total. The predicted molar refractivity (Wildman–Crippen MR) is 157 cm³/mol. The molecule has 7 heteroatoms. The fraction of sp³-hybridized carbons (Fsp3) is 0.147. The number of ketones is 2. The van der Waals surface area contributed by atoms with Crippen molar-refractivity contribution in [3.63, 3.8) is 0 Å². The van der Waals surface area contributed by atoms with E-state index in [4.69, 9.17) is 16.3 Å². The number of methoxy groups -OCH3 is 1. The molecule has 4 aromatic carbocycles. The van der Waals surface area contributed by atoms with Crippen LogP contribution < -0.4 is 10.1 Å². The lowest BCUT2D eigenvalue weighted by molar-refractivity contribution is -0.122. The highest BCUT2D eigenvalue weighted by atomic mass is 35.5. The van der Waals surface area contributed by atoms with Crippen molar-refractivity contribution >= 4 is 40.8 Å². The molecule has 3 heterocycles. The first-order valence-corrected chi connectivity index (χ1v) is 13.8. The minimum absolute atomic E-state index is 0.265. The summed E-state index contributed by atoms with van der Waals surface area (Å²) in [6.07, 6.45) is 3.81. The number of benzene rings is 4. The number of amides is 1. The van der Waals surface area contributed by atoms with E-state index in [2.05, 4.69) is 5.32 Å². The van der Waals surface area contributed by atoms with Crippen LogP contribution in [-0.4, -0.2) is 35.5 Å². The normalized spacial score (nSPS) is 23.5. The Morgan fingerprint density at radius 3 is 2.44 bits per heavy atom. The summed E-state index contributed by atoms with van der Waals surface area (Å²) >= 11 is 6.17. The van der Waals surface area contributed by atoms with E-state index in [1.54, 1.807) is 55.6 Å². The third-order valence-corrected chi connectivity index (χ3v) is 8.86. The zero-order valence-electron chi connectivity index (χ0n) is 22.1. The summed E-state index contributed by atoms with van der Waals surface area (Å²) in [6, 6.07) is 27.3. The molecule has 0 bridgehead atoms. The predicted octanol–water partition coefficient (Wildman–Crippen LogP) is 6.33. The van der Waals surface area contributed by atoms with Gasteiger partial charge in [0.05, 0.1) is 19.1 Å². The number of Topliss-reactive ketones (excluding diaryl/α,β-unsaturated/α-hetero) is 2. The second-order valence-corrected chi connectivity index (χ2v) is 11.0. The van der Waals surface area contributed by atoms with Crippen molar-refractivity contribution in [2.24, 2.45) is 5.92 Å². The summed E-state index contributed by atoms with van der Waals surface area (Å²) in [5.74, 6) is -1.38. The van der Waals surface area contributed by atoms with Gasteiger partial charge >= 0.3 is 0 Å². The number of halogens is 1. The molecule has 1 amide bonds. The molecule has 1 saturated heterocycles. The Bertz CT molecular complexity index is 1760. The van der Waals surface area contributed by atoms with Gasteiger partial charge in [0.15, 0.2) is 11.6 Å². The van der Waals surface area contributed by atoms with Crippen LogP contribution in [0.4, 0.5) is 5.69 Å². The van der Waals surface area contributed by atoms with Crippen molar-refractivity contribution in [1.29, 1.82) is 0 Å². The van der Waals surface area contributed by atoms with Gasteiger partial charge in [-0.05, 0) is 65.2 Å². The summed E-state index contributed by atoms with van der Waals surface area (Å²) in [6.45, 7) is 0. The first kappa shape index (κ1) is 25.3. The van der Waals surface area contributed by atoms with Crippen LogP contribution in [0.2, 0.25) is 5.02 Å². The topological polar surface area (TPSA) is 75.7 Å². The van der Waals surface area contributed by atoms with Crippen LogP contribution in [0.15, 0.2) is 103 Å². The lowest BCUT2D eigenvalue weighted by Crippen LogP contribution is -2.49. The molecule has 0 aromatic heterocycles. The number of nitrogens with zero attached hydrogens (tertiary/aromatic N) is 1. The smallest absolute Gasteiger partial charge is 0.238 e. The van der Waals surface area contributed by atoms with Gasteiger partial charge in [-0.25, -0.2) is 0 Å². The largest absolute Gasteiger partial charge is 0.497 e. The van der Waals surface area contributed by atoms with Gasteiger partial charge in [0.1, 0.15) is 17.2 Å². The van der Waals surface area contributed by atoms with E-state index < -0.39 is 23.4 Å². The molecular formula is C34H25ClN2O4. The van der Waals surface area contributed by atoms with Crippen LogP contribution in [0.3, 0.4) is 0 Å². The van der Waals surface area contributed by atoms with Gasteiger partial charge in [-0.3, -0.25) is 14.4 Å². The Labute approximate surface area is 242 Å². The molecule has 0 radical (unpaired) electrons. The lowest BCUT2D eigenvalue weighted by Gasteiger charge is -2.38. The van der Waals surface area contributed by atoms with Crippen LogP contribution in [0.5, 0.6) is 5.75 Å². The van der Waals surface area contributed by atoms with Crippen molar-refractivity contribution in [2.45, 2.75) is 17.5 Å².